The molecule has 1 saturated heterocycles. The average molecular weight is 313 g/mol. The van der Waals surface area contributed by atoms with Crippen LogP contribution in [0.25, 0.3) is 0 Å². The molecule has 0 aliphatic carbocycles. The van der Waals surface area contributed by atoms with E-state index in [4.69, 9.17) is 5.11 Å². The van der Waals surface area contributed by atoms with E-state index in [1.54, 1.807) is 0 Å². The number of benzene rings is 1. The molecule has 1 aliphatic heterocycles. The van der Waals surface area contributed by atoms with Gasteiger partial charge in [0.1, 0.15) is 0 Å². The van der Waals surface area contributed by atoms with Crippen LogP contribution < -0.4 is 4.90 Å². The molecule has 3 nitrogen and oxygen atoms in total. The van der Waals surface area contributed by atoms with Gasteiger partial charge in [0.05, 0.1) is 6.61 Å². The summed E-state index contributed by atoms with van der Waals surface area (Å²) >= 11 is 3.55. The zero-order valence-corrected chi connectivity index (χ0v) is 12.7. The zero-order chi connectivity index (χ0) is 13.1. The highest BCUT2D eigenvalue weighted by atomic mass is 79.9. The molecule has 0 atom stereocenters. The van der Waals surface area contributed by atoms with Crippen molar-refractivity contribution in [2.24, 2.45) is 0 Å². The predicted octanol–water partition coefficient (Wildman–Crippen LogP) is 2.18. The van der Waals surface area contributed by atoms with Gasteiger partial charge in [0.2, 0.25) is 0 Å². The second-order valence-electron chi connectivity index (χ2n) is 4.94. The van der Waals surface area contributed by atoms with Crippen molar-refractivity contribution < 1.29 is 5.11 Å². The summed E-state index contributed by atoms with van der Waals surface area (Å²) in [5, 5.41) is 8.96. The number of aliphatic hydroxyl groups is 1. The molecule has 1 N–H and O–H groups in total. The molecular formula is C14H21BrN2O. The van der Waals surface area contributed by atoms with Gasteiger partial charge in [0.15, 0.2) is 0 Å². The Balaban J connectivity index is 2.10. The summed E-state index contributed by atoms with van der Waals surface area (Å²) in [6, 6.07) is 4.37. The SMILES string of the molecule is Cc1cc(Br)cc(C)c1N1CCN(CCO)CC1. The largest absolute Gasteiger partial charge is 0.395 e. The number of rotatable bonds is 3. The molecule has 1 aromatic carbocycles. The number of aryl methyl sites for hydroxylation is 2. The molecule has 1 aliphatic rings. The van der Waals surface area contributed by atoms with Crippen LogP contribution in [-0.4, -0.2) is 49.3 Å². The van der Waals surface area contributed by atoms with E-state index in [-0.39, 0.29) is 6.61 Å². The van der Waals surface area contributed by atoms with Crippen LogP contribution in [-0.2, 0) is 0 Å². The summed E-state index contributed by atoms with van der Waals surface area (Å²) in [7, 11) is 0. The maximum Gasteiger partial charge on any atom is 0.0558 e. The monoisotopic (exact) mass is 312 g/mol. The first-order valence-corrected chi connectivity index (χ1v) is 7.26. The number of aliphatic hydroxyl groups excluding tert-OH is 1. The smallest absolute Gasteiger partial charge is 0.0558 e. The Kier molecular flexibility index (Phi) is 4.65. The van der Waals surface area contributed by atoms with Crippen molar-refractivity contribution in [3.05, 3.63) is 27.7 Å². The minimum Gasteiger partial charge on any atom is -0.395 e. The third-order valence-corrected chi connectivity index (χ3v) is 4.02. The quantitative estimate of drug-likeness (QED) is 0.926. The molecule has 0 saturated carbocycles. The van der Waals surface area contributed by atoms with E-state index in [0.717, 1.165) is 37.2 Å². The highest BCUT2D eigenvalue weighted by Crippen LogP contribution is 2.29. The number of nitrogens with zero attached hydrogens (tertiary/aromatic N) is 2. The molecule has 4 heteroatoms. The zero-order valence-electron chi connectivity index (χ0n) is 11.1. The first-order valence-electron chi connectivity index (χ1n) is 6.46. The van der Waals surface area contributed by atoms with Crippen molar-refractivity contribution >= 4 is 21.6 Å². The molecule has 0 bridgehead atoms. The van der Waals surface area contributed by atoms with Crippen molar-refractivity contribution in [2.75, 3.05) is 44.2 Å². The van der Waals surface area contributed by atoms with Crippen molar-refractivity contribution in [1.29, 1.82) is 0 Å². The normalized spacial score (nSPS) is 17.2. The van der Waals surface area contributed by atoms with E-state index < -0.39 is 0 Å². The highest BCUT2D eigenvalue weighted by Gasteiger charge is 2.19. The standard InChI is InChI=1S/C14H21BrN2O/c1-11-9-13(15)10-12(2)14(11)17-5-3-16(4-6-17)7-8-18/h9-10,18H,3-8H2,1-2H3. The molecule has 1 aromatic rings. The fourth-order valence-corrected chi connectivity index (χ4v) is 3.43. The number of anilines is 1. The van der Waals surface area contributed by atoms with Crippen molar-refractivity contribution in [3.8, 4) is 0 Å². The molecule has 0 radical (unpaired) electrons. The maximum absolute atomic E-state index is 8.96. The Morgan fingerprint density at radius 3 is 2.17 bits per heavy atom. The van der Waals surface area contributed by atoms with Gasteiger partial charge in [-0.05, 0) is 37.1 Å². The van der Waals surface area contributed by atoms with Gasteiger partial charge in [0.25, 0.3) is 0 Å². The molecule has 1 heterocycles. The first kappa shape index (κ1) is 13.8. The molecule has 0 spiro atoms. The molecule has 2 rings (SSSR count). The van der Waals surface area contributed by atoms with Crippen molar-refractivity contribution in [1.82, 2.24) is 4.90 Å². The summed E-state index contributed by atoms with van der Waals surface area (Å²) in [5.74, 6) is 0. The van der Waals surface area contributed by atoms with E-state index in [1.165, 1.54) is 16.8 Å². The Morgan fingerprint density at radius 1 is 1.11 bits per heavy atom. The fraction of sp³-hybridized carbons (Fsp3) is 0.571. The summed E-state index contributed by atoms with van der Waals surface area (Å²) in [6.07, 6.45) is 0. The summed E-state index contributed by atoms with van der Waals surface area (Å²) in [6.45, 7) is 9.57. The van der Waals surface area contributed by atoms with E-state index in [9.17, 15) is 0 Å². The molecular weight excluding hydrogens is 292 g/mol. The Bertz CT molecular complexity index is 391. The first-order chi connectivity index (χ1) is 8.61. The van der Waals surface area contributed by atoms with Crippen LogP contribution in [0.2, 0.25) is 0 Å². The van der Waals surface area contributed by atoms with Crippen LogP contribution in [0.3, 0.4) is 0 Å². The molecule has 100 valence electrons. The van der Waals surface area contributed by atoms with Crippen LogP contribution in [0.1, 0.15) is 11.1 Å². The summed E-state index contributed by atoms with van der Waals surface area (Å²) < 4.78 is 1.15. The van der Waals surface area contributed by atoms with Gasteiger partial charge in [-0.1, -0.05) is 15.9 Å². The summed E-state index contributed by atoms with van der Waals surface area (Å²) in [4.78, 5) is 4.78. The van der Waals surface area contributed by atoms with Crippen molar-refractivity contribution in [3.63, 3.8) is 0 Å². The third-order valence-electron chi connectivity index (χ3n) is 3.56. The minimum absolute atomic E-state index is 0.260. The van der Waals surface area contributed by atoms with E-state index >= 15 is 0 Å². The van der Waals surface area contributed by atoms with E-state index in [2.05, 4.69) is 51.7 Å². The molecule has 0 aromatic heterocycles. The maximum atomic E-state index is 8.96. The Morgan fingerprint density at radius 2 is 1.67 bits per heavy atom. The number of β-amino-alcohol motifs (C(OH)–C–C–N with tert-alkyl or cyclic N) is 1. The Labute approximate surface area is 118 Å². The summed E-state index contributed by atoms with van der Waals surface area (Å²) in [5.41, 5.74) is 4.04. The average Bonchev–Trinajstić information content (AvgIpc) is 2.30. The lowest BCUT2D eigenvalue weighted by Gasteiger charge is -2.37. The van der Waals surface area contributed by atoms with Crippen LogP contribution in [0.4, 0.5) is 5.69 Å². The van der Waals surface area contributed by atoms with Gasteiger partial charge >= 0.3 is 0 Å². The van der Waals surface area contributed by atoms with Crippen molar-refractivity contribution in [2.45, 2.75) is 13.8 Å². The lowest BCUT2D eigenvalue weighted by atomic mass is 10.1. The second-order valence-corrected chi connectivity index (χ2v) is 5.86. The van der Waals surface area contributed by atoms with E-state index in [0.29, 0.717) is 0 Å². The lowest BCUT2D eigenvalue weighted by Crippen LogP contribution is -2.47. The lowest BCUT2D eigenvalue weighted by molar-refractivity contribution is 0.188. The minimum atomic E-state index is 0.260. The number of halogens is 1. The van der Waals surface area contributed by atoms with Crippen LogP contribution >= 0.6 is 15.9 Å². The van der Waals surface area contributed by atoms with E-state index in [1.807, 2.05) is 0 Å². The predicted molar refractivity (Wildman–Crippen MR) is 79.4 cm³/mol. The third kappa shape index (κ3) is 3.05. The molecule has 0 unspecified atom stereocenters. The second kappa shape index (κ2) is 6.04. The topological polar surface area (TPSA) is 26.7 Å². The fourth-order valence-electron chi connectivity index (χ4n) is 2.74. The Hall–Kier alpha value is -0.580. The van der Waals surface area contributed by atoms with Crippen LogP contribution in [0.15, 0.2) is 16.6 Å². The van der Waals surface area contributed by atoms with Gasteiger partial charge in [-0.15, -0.1) is 0 Å². The number of hydrogen-bond donors (Lipinski definition) is 1. The van der Waals surface area contributed by atoms with Gasteiger partial charge in [0, 0.05) is 42.9 Å². The number of piperazine rings is 1. The van der Waals surface area contributed by atoms with Crippen LogP contribution in [0, 0.1) is 13.8 Å². The van der Waals surface area contributed by atoms with Gasteiger partial charge in [-0.2, -0.15) is 0 Å². The molecule has 18 heavy (non-hydrogen) atoms. The number of hydrogen-bond acceptors (Lipinski definition) is 3. The molecule has 1 fully saturated rings. The van der Waals surface area contributed by atoms with Crippen LogP contribution in [0.5, 0.6) is 0 Å². The van der Waals surface area contributed by atoms with Gasteiger partial charge < -0.3 is 10.0 Å². The highest BCUT2D eigenvalue weighted by molar-refractivity contribution is 9.10. The molecule has 0 amide bonds. The van der Waals surface area contributed by atoms with Gasteiger partial charge in [-0.3, -0.25) is 4.90 Å². The van der Waals surface area contributed by atoms with Gasteiger partial charge in [-0.25, -0.2) is 0 Å².